The molecule has 0 unspecified atom stereocenters. The van der Waals surface area contributed by atoms with Gasteiger partial charge in [0.05, 0.1) is 13.2 Å². The van der Waals surface area contributed by atoms with Gasteiger partial charge in [-0.25, -0.2) is 0 Å². The molecule has 5 nitrogen and oxygen atoms in total. The van der Waals surface area contributed by atoms with Gasteiger partial charge in [-0.1, -0.05) is 37.5 Å². The quantitative estimate of drug-likeness (QED) is 0.620. The molecule has 0 bridgehead atoms. The number of nitrogens with one attached hydrogen (secondary N) is 1. The summed E-state index contributed by atoms with van der Waals surface area (Å²) in [6.45, 7) is 6.62. The number of ether oxygens (including phenoxy) is 1. The third-order valence-corrected chi connectivity index (χ3v) is 7.84. The summed E-state index contributed by atoms with van der Waals surface area (Å²) in [7, 11) is 1.92. The number of anilines is 1. The molecule has 1 aromatic carbocycles. The number of benzene rings is 1. The Morgan fingerprint density at radius 2 is 1.93 bits per heavy atom. The van der Waals surface area contributed by atoms with Crippen molar-refractivity contribution in [3.63, 3.8) is 0 Å². The summed E-state index contributed by atoms with van der Waals surface area (Å²) in [5.74, 6) is 2.27. The average Bonchev–Trinajstić information content (AvgIpc) is 2.76. The largest absolute Gasteiger partial charge is 0.378 e. The van der Waals surface area contributed by atoms with Gasteiger partial charge in [-0.15, -0.1) is 0 Å². The number of para-hydroxylation sites is 1. The summed E-state index contributed by atoms with van der Waals surface area (Å²) in [5.41, 5.74) is 2.66. The van der Waals surface area contributed by atoms with Crippen LogP contribution in [0.5, 0.6) is 0 Å². The van der Waals surface area contributed by atoms with Crippen LogP contribution in [-0.4, -0.2) is 67.8 Å². The van der Waals surface area contributed by atoms with E-state index < -0.39 is 0 Å². The van der Waals surface area contributed by atoms with Crippen LogP contribution in [0.3, 0.4) is 0 Å². The maximum absolute atomic E-state index is 5.53. The van der Waals surface area contributed by atoms with E-state index in [0.717, 1.165) is 51.9 Å². The first-order valence-corrected chi connectivity index (χ1v) is 11.8. The molecule has 28 heavy (non-hydrogen) atoms. The van der Waals surface area contributed by atoms with E-state index in [0.29, 0.717) is 4.75 Å². The maximum Gasteiger partial charge on any atom is 0.193 e. The van der Waals surface area contributed by atoms with Crippen molar-refractivity contribution in [3.05, 3.63) is 29.8 Å². The highest BCUT2D eigenvalue weighted by molar-refractivity contribution is 8.00. The number of thioether (sulfide) groups is 1. The minimum absolute atomic E-state index is 0.458. The molecule has 1 aromatic rings. The average molecular weight is 403 g/mol. The van der Waals surface area contributed by atoms with Crippen molar-refractivity contribution < 1.29 is 4.74 Å². The van der Waals surface area contributed by atoms with Gasteiger partial charge in [0.25, 0.3) is 0 Å². The van der Waals surface area contributed by atoms with Gasteiger partial charge in [-0.3, -0.25) is 4.99 Å². The molecule has 3 aliphatic rings. The molecule has 3 fully saturated rings. The van der Waals surface area contributed by atoms with E-state index in [1.165, 1.54) is 49.1 Å². The van der Waals surface area contributed by atoms with E-state index in [-0.39, 0.29) is 0 Å². The van der Waals surface area contributed by atoms with Crippen LogP contribution in [0, 0.1) is 0 Å². The highest BCUT2D eigenvalue weighted by Gasteiger charge is 2.38. The van der Waals surface area contributed by atoms with Crippen LogP contribution in [0.1, 0.15) is 37.7 Å². The van der Waals surface area contributed by atoms with E-state index in [9.17, 15) is 0 Å². The van der Waals surface area contributed by atoms with Crippen LogP contribution >= 0.6 is 11.8 Å². The minimum Gasteiger partial charge on any atom is -0.378 e. The smallest absolute Gasteiger partial charge is 0.193 e. The molecule has 1 spiro atoms. The molecule has 0 atom stereocenters. The standard InChI is InChI=1S/C22H34N4OS/c1-23-21(26-13-16-28-22(18-26)9-5-2-6-10-22)24-17-19-7-3-4-8-20(19)25-11-14-27-15-12-25/h3-4,7-8H,2,5-6,9-18H2,1H3,(H,23,24). The van der Waals surface area contributed by atoms with Gasteiger partial charge in [-0.05, 0) is 24.5 Å². The minimum atomic E-state index is 0.458. The normalized spacial score (nSPS) is 23.1. The Kier molecular flexibility index (Phi) is 6.68. The fourth-order valence-electron chi connectivity index (χ4n) is 4.80. The van der Waals surface area contributed by atoms with Crippen LogP contribution in [-0.2, 0) is 11.3 Å². The van der Waals surface area contributed by atoms with E-state index in [1.54, 1.807) is 0 Å². The predicted octanol–water partition coefficient (Wildman–Crippen LogP) is 3.35. The zero-order valence-corrected chi connectivity index (χ0v) is 18.0. The Morgan fingerprint density at radius 3 is 2.71 bits per heavy atom. The number of guanidine groups is 1. The van der Waals surface area contributed by atoms with Crippen molar-refractivity contribution in [2.24, 2.45) is 4.99 Å². The van der Waals surface area contributed by atoms with E-state index in [2.05, 4.69) is 56.1 Å². The predicted molar refractivity (Wildman–Crippen MR) is 120 cm³/mol. The van der Waals surface area contributed by atoms with Crippen molar-refractivity contribution in [1.82, 2.24) is 10.2 Å². The third-order valence-electron chi connectivity index (χ3n) is 6.30. The number of nitrogens with zero attached hydrogens (tertiary/aromatic N) is 3. The van der Waals surface area contributed by atoms with Gasteiger partial charge < -0.3 is 19.9 Å². The summed E-state index contributed by atoms with van der Waals surface area (Å²) in [6, 6.07) is 8.75. The topological polar surface area (TPSA) is 40.1 Å². The van der Waals surface area contributed by atoms with Crippen LogP contribution < -0.4 is 10.2 Å². The Hall–Kier alpha value is -1.40. The number of aliphatic imine (C=N–C) groups is 1. The molecular formula is C22H34N4OS. The number of hydrogen-bond acceptors (Lipinski definition) is 4. The molecular weight excluding hydrogens is 368 g/mol. The second kappa shape index (κ2) is 9.40. The van der Waals surface area contributed by atoms with Crippen LogP contribution in [0.4, 0.5) is 5.69 Å². The molecule has 1 aliphatic carbocycles. The monoisotopic (exact) mass is 402 g/mol. The lowest BCUT2D eigenvalue weighted by atomic mass is 9.87. The van der Waals surface area contributed by atoms with Crippen molar-refractivity contribution in [1.29, 1.82) is 0 Å². The molecule has 6 heteroatoms. The lowest BCUT2D eigenvalue weighted by Crippen LogP contribution is -2.53. The Bertz CT molecular complexity index is 663. The number of rotatable bonds is 3. The maximum atomic E-state index is 5.53. The second-order valence-electron chi connectivity index (χ2n) is 8.14. The Balaban J connectivity index is 1.41. The molecule has 0 aromatic heterocycles. The highest BCUT2D eigenvalue weighted by atomic mass is 32.2. The first kappa shape index (κ1) is 19.9. The van der Waals surface area contributed by atoms with Crippen molar-refractivity contribution in [3.8, 4) is 0 Å². The summed E-state index contributed by atoms with van der Waals surface area (Å²) in [4.78, 5) is 9.58. The summed E-state index contributed by atoms with van der Waals surface area (Å²) in [5, 5.41) is 3.67. The first-order chi connectivity index (χ1) is 13.8. The lowest BCUT2D eigenvalue weighted by Gasteiger charge is -2.45. The fourth-order valence-corrected chi connectivity index (χ4v) is 6.37. The third kappa shape index (κ3) is 4.60. The van der Waals surface area contributed by atoms with E-state index >= 15 is 0 Å². The molecule has 154 valence electrons. The Morgan fingerprint density at radius 1 is 1.14 bits per heavy atom. The molecule has 2 heterocycles. The van der Waals surface area contributed by atoms with Crippen molar-refractivity contribution >= 4 is 23.4 Å². The van der Waals surface area contributed by atoms with Crippen LogP contribution in [0.2, 0.25) is 0 Å². The highest BCUT2D eigenvalue weighted by Crippen LogP contribution is 2.42. The SMILES string of the molecule is CN=C(NCc1ccccc1N1CCOCC1)N1CCSC2(CCCCC2)C1. The molecule has 1 N–H and O–H groups in total. The van der Waals surface area contributed by atoms with Gasteiger partial charge in [-0.2, -0.15) is 11.8 Å². The van der Waals surface area contributed by atoms with Gasteiger partial charge in [0.15, 0.2) is 5.96 Å². The van der Waals surface area contributed by atoms with Gasteiger partial charge in [0.1, 0.15) is 0 Å². The second-order valence-corrected chi connectivity index (χ2v) is 9.71. The lowest BCUT2D eigenvalue weighted by molar-refractivity contribution is 0.122. The zero-order valence-electron chi connectivity index (χ0n) is 17.2. The Labute approximate surface area is 173 Å². The first-order valence-electron chi connectivity index (χ1n) is 10.8. The van der Waals surface area contributed by atoms with Crippen LogP contribution in [0.25, 0.3) is 0 Å². The molecule has 0 amide bonds. The molecule has 0 radical (unpaired) electrons. The summed E-state index contributed by atoms with van der Waals surface area (Å²) >= 11 is 2.21. The van der Waals surface area contributed by atoms with E-state index in [1.807, 2.05) is 7.05 Å². The van der Waals surface area contributed by atoms with E-state index in [4.69, 9.17) is 4.74 Å². The number of hydrogen-bond donors (Lipinski definition) is 1. The molecule has 1 saturated carbocycles. The van der Waals surface area contributed by atoms with Crippen LogP contribution in [0.15, 0.2) is 29.3 Å². The molecule has 4 rings (SSSR count). The van der Waals surface area contributed by atoms with Gasteiger partial charge in [0, 0.05) is 56.0 Å². The van der Waals surface area contributed by atoms with Crippen molar-refractivity contribution in [2.75, 3.05) is 57.1 Å². The summed E-state index contributed by atoms with van der Waals surface area (Å²) < 4.78 is 5.98. The number of morpholine rings is 1. The molecule has 2 saturated heterocycles. The van der Waals surface area contributed by atoms with Gasteiger partial charge >= 0.3 is 0 Å². The van der Waals surface area contributed by atoms with Crippen molar-refractivity contribution in [2.45, 2.75) is 43.4 Å². The fraction of sp³-hybridized carbons (Fsp3) is 0.682. The summed E-state index contributed by atoms with van der Waals surface area (Å²) in [6.07, 6.45) is 6.92. The molecule has 2 aliphatic heterocycles. The van der Waals surface area contributed by atoms with Gasteiger partial charge in [0.2, 0.25) is 0 Å². The zero-order chi connectivity index (χ0) is 19.2.